The molecule has 1 fully saturated rings. The molecule has 2 heterocycles. The van der Waals surface area contributed by atoms with E-state index >= 15 is 0 Å². The van der Waals surface area contributed by atoms with Gasteiger partial charge in [-0.05, 0) is 42.5 Å². The number of halogens is 2. The molecule has 1 aromatic heterocycles. The van der Waals surface area contributed by atoms with Gasteiger partial charge in [-0.2, -0.15) is 4.98 Å². The van der Waals surface area contributed by atoms with E-state index in [1.807, 2.05) is 12.1 Å². The second-order valence-corrected chi connectivity index (χ2v) is 10.3. The first-order valence-electron chi connectivity index (χ1n) is 9.80. The van der Waals surface area contributed by atoms with Crippen LogP contribution in [-0.4, -0.2) is 66.7 Å². The predicted octanol–water partition coefficient (Wildman–Crippen LogP) is 3.40. The molecule has 0 unspecified atom stereocenters. The van der Waals surface area contributed by atoms with Gasteiger partial charge in [0, 0.05) is 48.6 Å². The Morgan fingerprint density at radius 2 is 1.75 bits per heavy atom. The SMILES string of the molecule is CS(=O)(=O)c1cc(C(=O)N2CCN(Cc3nc(-c4ccc(Cl)cc4)no3)CC2)ccc1Cl. The Balaban J connectivity index is 1.37. The van der Waals surface area contributed by atoms with Crippen LogP contribution < -0.4 is 0 Å². The van der Waals surface area contributed by atoms with Crippen molar-refractivity contribution in [1.29, 1.82) is 0 Å². The second-order valence-electron chi connectivity index (χ2n) is 7.50. The van der Waals surface area contributed by atoms with E-state index in [-0.39, 0.29) is 15.8 Å². The van der Waals surface area contributed by atoms with Crippen molar-refractivity contribution in [2.24, 2.45) is 0 Å². The number of sulfone groups is 1. The van der Waals surface area contributed by atoms with Crippen LogP contribution in [0.15, 0.2) is 51.9 Å². The highest BCUT2D eigenvalue weighted by Crippen LogP contribution is 2.24. The van der Waals surface area contributed by atoms with Crippen molar-refractivity contribution < 1.29 is 17.7 Å². The van der Waals surface area contributed by atoms with Gasteiger partial charge in [-0.15, -0.1) is 0 Å². The molecule has 0 N–H and O–H groups in total. The van der Waals surface area contributed by atoms with Crippen LogP contribution in [0.1, 0.15) is 16.2 Å². The molecule has 1 aliphatic heterocycles. The van der Waals surface area contributed by atoms with Crippen molar-refractivity contribution in [2.45, 2.75) is 11.4 Å². The number of carbonyl (C=O) groups is 1. The van der Waals surface area contributed by atoms with E-state index in [1.165, 1.54) is 12.1 Å². The summed E-state index contributed by atoms with van der Waals surface area (Å²) in [5.41, 5.74) is 1.11. The largest absolute Gasteiger partial charge is 0.338 e. The van der Waals surface area contributed by atoms with Gasteiger partial charge in [0.1, 0.15) is 0 Å². The fourth-order valence-corrected chi connectivity index (χ4v) is 4.87. The average molecular weight is 495 g/mol. The van der Waals surface area contributed by atoms with Gasteiger partial charge in [-0.1, -0.05) is 28.4 Å². The van der Waals surface area contributed by atoms with E-state index in [0.717, 1.165) is 11.8 Å². The molecule has 0 atom stereocenters. The van der Waals surface area contributed by atoms with Gasteiger partial charge >= 0.3 is 0 Å². The summed E-state index contributed by atoms with van der Waals surface area (Å²) in [6.45, 7) is 2.71. The molecule has 0 aliphatic carbocycles. The summed E-state index contributed by atoms with van der Waals surface area (Å²) in [6, 6.07) is 11.5. The lowest BCUT2D eigenvalue weighted by Crippen LogP contribution is -2.48. The van der Waals surface area contributed by atoms with Crippen molar-refractivity contribution in [3.05, 3.63) is 64.0 Å². The Morgan fingerprint density at radius 3 is 2.41 bits per heavy atom. The average Bonchev–Trinajstić information content (AvgIpc) is 3.22. The smallest absolute Gasteiger partial charge is 0.253 e. The molecule has 1 amide bonds. The maximum Gasteiger partial charge on any atom is 0.253 e. The van der Waals surface area contributed by atoms with Crippen molar-refractivity contribution in [2.75, 3.05) is 32.4 Å². The number of amides is 1. The number of rotatable bonds is 5. The number of carbonyl (C=O) groups excluding carboxylic acids is 1. The van der Waals surface area contributed by atoms with Gasteiger partial charge in [0.2, 0.25) is 11.7 Å². The molecular weight excluding hydrogens is 475 g/mol. The normalized spacial score (nSPS) is 15.2. The van der Waals surface area contributed by atoms with Crippen molar-refractivity contribution in [3.63, 3.8) is 0 Å². The maximum atomic E-state index is 12.9. The summed E-state index contributed by atoms with van der Waals surface area (Å²) < 4.78 is 29.1. The zero-order chi connectivity index (χ0) is 22.9. The summed E-state index contributed by atoms with van der Waals surface area (Å²) in [7, 11) is -3.52. The Labute approximate surface area is 195 Å². The summed E-state index contributed by atoms with van der Waals surface area (Å²) in [4.78, 5) is 21.1. The fourth-order valence-electron chi connectivity index (χ4n) is 3.44. The van der Waals surface area contributed by atoms with Crippen LogP contribution >= 0.6 is 23.2 Å². The lowest BCUT2D eigenvalue weighted by molar-refractivity contribution is 0.0615. The maximum absolute atomic E-state index is 12.9. The Morgan fingerprint density at radius 1 is 1.06 bits per heavy atom. The number of hydrogen-bond acceptors (Lipinski definition) is 7. The van der Waals surface area contributed by atoms with Gasteiger partial charge in [0.05, 0.1) is 16.5 Å². The van der Waals surface area contributed by atoms with Crippen LogP contribution in [0.2, 0.25) is 10.0 Å². The van der Waals surface area contributed by atoms with Crippen molar-refractivity contribution >= 4 is 38.9 Å². The van der Waals surface area contributed by atoms with E-state index in [1.54, 1.807) is 23.1 Å². The monoisotopic (exact) mass is 494 g/mol. The highest BCUT2D eigenvalue weighted by atomic mass is 35.5. The van der Waals surface area contributed by atoms with Crippen LogP contribution in [-0.2, 0) is 16.4 Å². The predicted molar refractivity (Wildman–Crippen MR) is 120 cm³/mol. The number of hydrogen-bond donors (Lipinski definition) is 0. The third kappa shape index (κ3) is 5.12. The highest BCUT2D eigenvalue weighted by molar-refractivity contribution is 7.90. The molecule has 2 aromatic carbocycles. The van der Waals surface area contributed by atoms with E-state index in [2.05, 4.69) is 15.0 Å². The minimum atomic E-state index is -3.52. The topological polar surface area (TPSA) is 96.6 Å². The molecule has 0 spiro atoms. The number of piperazine rings is 1. The highest BCUT2D eigenvalue weighted by Gasteiger charge is 2.25. The molecule has 0 saturated carbocycles. The van der Waals surface area contributed by atoms with Gasteiger partial charge in [-0.25, -0.2) is 8.42 Å². The minimum Gasteiger partial charge on any atom is -0.338 e. The fraction of sp³-hybridized carbons (Fsp3) is 0.286. The molecule has 11 heteroatoms. The lowest BCUT2D eigenvalue weighted by Gasteiger charge is -2.34. The van der Waals surface area contributed by atoms with E-state index in [4.69, 9.17) is 27.7 Å². The Bertz CT molecular complexity index is 1240. The second kappa shape index (κ2) is 9.19. The summed E-state index contributed by atoms with van der Waals surface area (Å²) in [5, 5.41) is 4.76. The molecule has 1 aliphatic rings. The molecule has 32 heavy (non-hydrogen) atoms. The zero-order valence-corrected chi connectivity index (χ0v) is 19.5. The number of aromatic nitrogens is 2. The molecular formula is C21H20Cl2N4O4S. The van der Waals surface area contributed by atoms with Gasteiger partial charge in [0.15, 0.2) is 9.84 Å². The Hall–Kier alpha value is -2.46. The van der Waals surface area contributed by atoms with Crippen LogP contribution in [0, 0.1) is 0 Å². The third-order valence-corrected chi connectivity index (χ3v) is 7.00. The minimum absolute atomic E-state index is 0.0449. The first-order valence-corrected chi connectivity index (χ1v) is 12.5. The Kier molecular flexibility index (Phi) is 6.52. The van der Waals surface area contributed by atoms with Crippen LogP contribution in [0.4, 0.5) is 0 Å². The van der Waals surface area contributed by atoms with Crippen LogP contribution in [0.25, 0.3) is 11.4 Å². The van der Waals surface area contributed by atoms with E-state index in [9.17, 15) is 13.2 Å². The van der Waals surface area contributed by atoms with Gasteiger partial charge in [-0.3, -0.25) is 9.69 Å². The zero-order valence-electron chi connectivity index (χ0n) is 17.2. The quantitative estimate of drug-likeness (QED) is 0.535. The number of nitrogens with zero attached hydrogens (tertiary/aromatic N) is 4. The molecule has 3 aromatic rings. The summed E-state index contributed by atoms with van der Waals surface area (Å²) in [5.74, 6) is 0.758. The van der Waals surface area contributed by atoms with Crippen LogP contribution in [0.5, 0.6) is 0 Å². The van der Waals surface area contributed by atoms with E-state index in [0.29, 0.717) is 55.0 Å². The number of benzene rings is 2. The molecule has 0 bridgehead atoms. The van der Waals surface area contributed by atoms with E-state index < -0.39 is 9.84 Å². The summed E-state index contributed by atoms with van der Waals surface area (Å²) in [6.07, 6.45) is 1.07. The molecule has 0 radical (unpaired) electrons. The third-order valence-electron chi connectivity index (χ3n) is 5.17. The molecule has 168 valence electrons. The first kappa shape index (κ1) is 22.7. The summed E-state index contributed by atoms with van der Waals surface area (Å²) >= 11 is 11.9. The van der Waals surface area contributed by atoms with Crippen LogP contribution in [0.3, 0.4) is 0 Å². The van der Waals surface area contributed by atoms with Gasteiger partial charge in [0.25, 0.3) is 5.91 Å². The lowest BCUT2D eigenvalue weighted by atomic mass is 10.2. The standard InChI is InChI=1S/C21H20Cl2N4O4S/c1-32(29,30)18-12-15(4-7-17(18)23)21(28)27-10-8-26(9-11-27)13-19-24-20(25-31-19)14-2-5-16(22)6-3-14/h2-7,12H,8-11,13H2,1H3. The van der Waals surface area contributed by atoms with Crippen molar-refractivity contribution in [3.8, 4) is 11.4 Å². The molecule has 4 rings (SSSR count). The molecule has 1 saturated heterocycles. The van der Waals surface area contributed by atoms with Crippen molar-refractivity contribution in [1.82, 2.24) is 19.9 Å². The molecule has 8 nitrogen and oxygen atoms in total. The first-order chi connectivity index (χ1) is 15.2. The van der Waals surface area contributed by atoms with Gasteiger partial charge < -0.3 is 9.42 Å².